The van der Waals surface area contributed by atoms with Gasteiger partial charge in [0.1, 0.15) is 5.17 Å². The summed E-state index contributed by atoms with van der Waals surface area (Å²) >= 11 is 6.03. The van der Waals surface area contributed by atoms with E-state index in [1.165, 1.54) is 0 Å². The zero-order valence-corrected chi connectivity index (χ0v) is 10.9. The molecule has 0 saturated heterocycles. The summed E-state index contributed by atoms with van der Waals surface area (Å²) in [7, 11) is 1.69. The van der Waals surface area contributed by atoms with Gasteiger partial charge in [-0.3, -0.25) is 4.99 Å². The molecule has 0 fully saturated rings. The molecular formula is C16H14ClN. The van der Waals surface area contributed by atoms with Crippen LogP contribution in [0.25, 0.3) is 5.57 Å². The van der Waals surface area contributed by atoms with Crippen molar-refractivity contribution >= 4 is 22.3 Å². The van der Waals surface area contributed by atoms with Gasteiger partial charge in [-0.05, 0) is 22.8 Å². The van der Waals surface area contributed by atoms with E-state index in [1.54, 1.807) is 7.05 Å². The Morgan fingerprint density at radius 2 is 1.33 bits per heavy atom. The fourth-order valence-electron chi connectivity index (χ4n) is 1.75. The third-order valence-electron chi connectivity index (χ3n) is 2.65. The fraction of sp³-hybridized carbons (Fsp3) is 0.0625. The van der Waals surface area contributed by atoms with E-state index in [1.807, 2.05) is 42.5 Å². The van der Waals surface area contributed by atoms with Crippen molar-refractivity contribution in [3.63, 3.8) is 0 Å². The van der Waals surface area contributed by atoms with Crippen molar-refractivity contribution in [1.29, 1.82) is 0 Å². The number of nitrogens with zero attached hydrogens (tertiary/aromatic N) is 1. The summed E-state index contributed by atoms with van der Waals surface area (Å²) in [5.41, 5.74) is 3.34. The van der Waals surface area contributed by atoms with Crippen LogP contribution in [0, 0.1) is 0 Å². The first-order chi connectivity index (χ1) is 8.81. The largest absolute Gasteiger partial charge is 0.277 e. The molecule has 0 aromatic heterocycles. The van der Waals surface area contributed by atoms with Crippen molar-refractivity contribution in [3.8, 4) is 0 Å². The maximum atomic E-state index is 6.03. The monoisotopic (exact) mass is 255 g/mol. The highest BCUT2D eigenvalue weighted by molar-refractivity contribution is 6.69. The Balaban J connectivity index is 2.52. The van der Waals surface area contributed by atoms with Crippen LogP contribution in [0.4, 0.5) is 0 Å². The molecule has 18 heavy (non-hydrogen) atoms. The molecule has 0 aliphatic rings. The summed E-state index contributed by atoms with van der Waals surface area (Å²) in [4.78, 5) is 3.98. The van der Waals surface area contributed by atoms with Gasteiger partial charge in [0.2, 0.25) is 0 Å². The third-order valence-corrected chi connectivity index (χ3v) is 2.92. The van der Waals surface area contributed by atoms with E-state index in [0.717, 1.165) is 16.7 Å². The van der Waals surface area contributed by atoms with Gasteiger partial charge >= 0.3 is 0 Å². The predicted molar refractivity (Wildman–Crippen MR) is 79.2 cm³/mol. The van der Waals surface area contributed by atoms with Crippen LogP contribution in [-0.2, 0) is 0 Å². The summed E-state index contributed by atoms with van der Waals surface area (Å²) < 4.78 is 0. The Hall–Kier alpha value is -1.86. The topological polar surface area (TPSA) is 12.4 Å². The van der Waals surface area contributed by atoms with E-state index < -0.39 is 0 Å². The molecule has 0 amide bonds. The Labute approximate surface area is 112 Å². The quantitative estimate of drug-likeness (QED) is 0.722. The lowest BCUT2D eigenvalue weighted by Gasteiger charge is -2.08. The molecule has 0 radical (unpaired) electrons. The standard InChI is InChI=1S/C16H14ClN/c1-18-16(17)12-15(13-8-4-2-5-9-13)14-10-6-3-7-11-14/h2-12H,1H3. The van der Waals surface area contributed by atoms with Gasteiger partial charge in [0.25, 0.3) is 0 Å². The lowest BCUT2D eigenvalue weighted by molar-refractivity contribution is 1.46. The minimum Gasteiger partial charge on any atom is -0.277 e. The average molecular weight is 256 g/mol. The first-order valence-corrected chi connectivity index (χ1v) is 6.14. The maximum Gasteiger partial charge on any atom is 0.123 e. The average Bonchev–Trinajstić information content (AvgIpc) is 2.46. The minimum atomic E-state index is 0.498. The highest BCUT2D eigenvalue weighted by atomic mass is 35.5. The van der Waals surface area contributed by atoms with Gasteiger partial charge in [-0.1, -0.05) is 72.3 Å². The number of hydrogen-bond acceptors (Lipinski definition) is 1. The van der Waals surface area contributed by atoms with Crippen LogP contribution in [-0.4, -0.2) is 12.2 Å². The van der Waals surface area contributed by atoms with Gasteiger partial charge < -0.3 is 0 Å². The normalized spacial score (nSPS) is 11.1. The molecule has 1 nitrogen and oxygen atoms in total. The Kier molecular flexibility index (Phi) is 4.32. The lowest BCUT2D eigenvalue weighted by Crippen LogP contribution is -1.91. The van der Waals surface area contributed by atoms with Gasteiger partial charge in [-0.2, -0.15) is 0 Å². The molecule has 2 rings (SSSR count). The van der Waals surface area contributed by atoms with Crippen molar-refractivity contribution < 1.29 is 0 Å². The molecule has 0 spiro atoms. The number of halogens is 1. The first kappa shape index (κ1) is 12.6. The van der Waals surface area contributed by atoms with Crippen LogP contribution in [0.1, 0.15) is 11.1 Å². The third kappa shape index (κ3) is 3.08. The van der Waals surface area contributed by atoms with E-state index >= 15 is 0 Å². The van der Waals surface area contributed by atoms with E-state index in [4.69, 9.17) is 11.6 Å². The zero-order valence-electron chi connectivity index (χ0n) is 10.2. The number of hydrogen-bond donors (Lipinski definition) is 0. The second kappa shape index (κ2) is 6.18. The SMILES string of the molecule is CN=C(Cl)C=C(c1ccccc1)c1ccccc1. The van der Waals surface area contributed by atoms with Crippen molar-refractivity contribution in [2.45, 2.75) is 0 Å². The predicted octanol–water partition coefficient (Wildman–Crippen LogP) is 4.39. The van der Waals surface area contributed by atoms with Crippen LogP contribution in [0.15, 0.2) is 71.7 Å². The van der Waals surface area contributed by atoms with Gasteiger partial charge in [-0.25, -0.2) is 0 Å². The van der Waals surface area contributed by atoms with Crippen molar-refractivity contribution in [2.24, 2.45) is 4.99 Å². The molecule has 0 heterocycles. The molecule has 0 N–H and O–H groups in total. The molecule has 0 bridgehead atoms. The minimum absolute atomic E-state index is 0.498. The lowest BCUT2D eigenvalue weighted by atomic mass is 9.98. The number of rotatable bonds is 3. The summed E-state index contributed by atoms with van der Waals surface area (Å²) in [5, 5.41) is 0.498. The van der Waals surface area contributed by atoms with Crippen molar-refractivity contribution in [2.75, 3.05) is 7.05 Å². The Bertz CT molecular complexity index is 515. The molecule has 0 atom stereocenters. The fourth-order valence-corrected chi connectivity index (χ4v) is 1.86. The summed E-state index contributed by atoms with van der Waals surface area (Å²) in [6.45, 7) is 0. The highest BCUT2D eigenvalue weighted by Gasteiger charge is 2.04. The van der Waals surface area contributed by atoms with Crippen LogP contribution >= 0.6 is 11.6 Å². The van der Waals surface area contributed by atoms with E-state index in [2.05, 4.69) is 29.3 Å². The van der Waals surface area contributed by atoms with Gasteiger partial charge in [-0.15, -0.1) is 0 Å². The number of benzene rings is 2. The summed E-state index contributed by atoms with van der Waals surface area (Å²) in [6.07, 6.45) is 1.90. The van der Waals surface area contributed by atoms with Crippen molar-refractivity contribution in [3.05, 3.63) is 77.9 Å². The summed E-state index contributed by atoms with van der Waals surface area (Å²) in [6, 6.07) is 20.3. The molecule has 2 heteroatoms. The molecule has 2 aromatic carbocycles. The van der Waals surface area contributed by atoms with Crippen LogP contribution in [0.2, 0.25) is 0 Å². The Morgan fingerprint density at radius 3 is 1.72 bits per heavy atom. The second-order valence-corrected chi connectivity index (χ2v) is 4.22. The first-order valence-electron chi connectivity index (χ1n) is 5.76. The maximum absolute atomic E-state index is 6.03. The van der Waals surface area contributed by atoms with Gasteiger partial charge in [0.15, 0.2) is 0 Å². The molecule has 0 aliphatic heterocycles. The van der Waals surface area contributed by atoms with Crippen LogP contribution in [0.5, 0.6) is 0 Å². The molecule has 0 aliphatic carbocycles. The second-order valence-electron chi connectivity index (χ2n) is 3.84. The smallest absolute Gasteiger partial charge is 0.123 e. The molecular weight excluding hydrogens is 242 g/mol. The van der Waals surface area contributed by atoms with E-state index in [9.17, 15) is 0 Å². The Morgan fingerprint density at radius 1 is 0.889 bits per heavy atom. The molecule has 0 saturated carbocycles. The summed E-state index contributed by atoms with van der Waals surface area (Å²) in [5.74, 6) is 0. The van der Waals surface area contributed by atoms with E-state index in [-0.39, 0.29) is 0 Å². The van der Waals surface area contributed by atoms with Gasteiger partial charge in [0.05, 0.1) is 0 Å². The molecule has 2 aromatic rings. The van der Waals surface area contributed by atoms with Crippen LogP contribution < -0.4 is 0 Å². The number of allylic oxidation sites excluding steroid dienone is 1. The van der Waals surface area contributed by atoms with Crippen molar-refractivity contribution in [1.82, 2.24) is 0 Å². The zero-order chi connectivity index (χ0) is 12.8. The van der Waals surface area contributed by atoms with Gasteiger partial charge in [0, 0.05) is 7.05 Å². The number of aliphatic imine (C=N–C) groups is 1. The highest BCUT2D eigenvalue weighted by Crippen LogP contribution is 2.23. The van der Waals surface area contributed by atoms with E-state index in [0.29, 0.717) is 5.17 Å². The molecule has 90 valence electrons. The molecule has 0 unspecified atom stereocenters. The van der Waals surface area contributed by atoms with Crippen LogP contribution in [0.3, 0.4) is 0 Å².